The SMILES string of the molecule is CC1NCCCC1NC(=O)C1CCCN(c2ncnc3sccc23)C1. The highest BCUT2D eigenvalue weighted by Crippen LogP contribution is 2.30. The summed E-state index contributed by atoms with van der Waals surface area (Å²) < 4.78 is 0. The van der Waals surface area contributed by atoms with E-state index in [1.54, 1.807) is 17.7 Å². The Kier molecular flexibility index (Phi) is 4.85. The van der Waals surface area contributed by atoms with Gasteiger partial charge >= 0.3 is 0 Å². The molecule has 2 aromatic heterocycles. The van der Waals surface area contributed by atoms with E-state index in [0.29, 0.717) is 6.04 Å². The van der Waals surface area contributed by atoms with Crippen molar-refractivity contribution in [3.63, 3.8) is 0 Å². The summed E-state index contributed by atoms with van der Waals surface area (Å²) in [7, 11) is 0. The molecule has 2 N–H and O–H groups in total. The molecular formula is C18H25N5OS. The lowest BCUT2D eigenvalue weighted by Crippen LogP contribution is -2.54. The predicted molar refractivity (Wildman–Crippen MR) is 101 cm³/mol. The van der Waals surface area contributed by atoms with Crippen molar-refractivity contribution in [2.24, 2.45) is 5.92 Å². The summed E-state index contributed by atoms with van der Waals surface area (Å²) in [4.78, 5) is 24.9. The van der Waals surface area contributed by atoms with Gasteiger partial charge in [-0.25, -0.2) is 9.97 Å². The summed E-state index contributed by atoms with van der Waals surface area (Å²) in [5, 5.41) is 9.88. The van der Waals surface area contributed by atoms with Crippen molar-refractivity contribution in [2.75, 3.05) is 24.5 Å². The summed E-state index contributed by atoms with van der Waals surface area (Å²) in [6.45, 7) is 4.90. The van der Waals surface area contributed by atoms with Crippen LogP contribution >= 0.6 is 11.3 Å². The average Bonchev–Trinajstić information content (AvgIpc) is 3.12. The number of fused-ring (bicyclic) bond motifs is 1. The molecular weight excluding hydrogens is 334 g/mol. The van der Waals surface area contributed by atoms with Gasteiger partial charge in [0.1, 0.15) is 17.0 Å². The third-order valence-corrected chi connectivity index (χ3v) is 6.24. The molecule has 3 unspecified atom stereocenters. The van der Waals surface area contributed by atoms with E-state index >= 15 is 0 Å². The van der Waals surface area contributed by atoms with E-state index in [-0.39, 0.29) is 17.9 Å². The Morgan fingerprint density at radius 1 is 1.36 bits per heavy atom. The third-order valence-electron chi connectivity index (χ3n) is 5.42. The molecule has 25 heavy (non-hydrogen) atoms. The number of rotatable bonds is 3. The molecule has 0 radical (unpaired) electrons. The molecule has 3 atom stereocenters. The molecule has 0 bridgehead atoms. The van der Waals surface area contributed by atoms with Crippen LogP contribution in [0.15, 0.2) is 17.8 Å². The van der Waals surface area contributed by atoms with Crippen LogP contribution in [-0.2, 0) is 4.79 Å². The molecule has 4 rings (SSSR count). The maximum absolute atomic E-state index is 12.8. The molecule has 0 aliphatic carbocycles. The maximum Gasteiger partial charge on any atom is 0.225 e. The maximum atomic E-state index is 12.8. The van der Waals surface area contributed by atoms with Crippen LogP contribution in [0.1, 0.15) is 32.6 Å². The molecule has 2 aromatic rings. The number of nitrogens with one attached hydrogen (secondary N) is 2. The lowest BCUT2D eigenvalue weighted by Gasteiger charge is -2.36. The number of carbonyl (C=O) groups excluding carboxylic acids is 1. The number of amides is 1. The fourth-order valence-electron chi connectivity index (χ4n) is 3.95. The van der Waals surface area contributed by atoms with Crippen molar-refractivity contribution < 1.29 is 4.79 Å². The number of carbonyl (C=O) groups is 1. The van der Waals surface area contributed by atoms with Gasteiger partial charge in [-0.1, -0.05) is 0 Å². The van der Waals surface area contributed by atoms with Crippen LogP contribution in [0.4, 0.5) is 5.82 Å². The summed E-state index contributed by atoms with van der Waals surface area (Å²) in [6.07, 6.45) is 5.80. The van der Waals surface area contributed by atoms with Crippen LogP contribution in [-0.4, -0.2) is 47.6 Å². The topological polar surface area (TPSA) is 70.2 Å². The van der Waals surface area contributed by atoms with Gasteiger partial charge in [0.15, 0.2) is 0 Å². The zero-order valence-electron chi connectivity index (χ0n) is 14.6. The Bertz CT molecular complexity index is 748. The van der Waals surface area contributed by atoms with Crippen LogP contribution in [0.25, 0.3) is 10.2 Å². The summed E-state index contributed by atoms with van der Waals surface area (Å²) >= 11 is 1.63. The van der Waals surface area contributed by atoms with Gasteiger partial charge in [-0.15, -0.1) is 11.3 Å². The molecule has 0 saturated carbocycles. The van der Waals surface area contributed by atoms with Gasteiger partial charge in [0.05, 0.1) is 11.3 Å². The molecule has 1 amide bonds. The molecule has 0 spiro atoms. The first-order valence-corrected chi connectivity index (χ1v) is 10.1. The lowest BCUT2D eigenvalue weighted by molar-refractivity contribution is -0.126. The van der Waals surface area contributed by atoms with Gasteiger partial charge in [0, 0.05) is 25.2 Å². The number of thiophene rings is 1. The van der Waals surface area contributed by atoms with Crippen molar-refractivity contribution in [1.82, 2.24) is 20.6 Å². The fourth-order valence-corrected chi connectivity index (χ4v) is 4.68. The Morgan fingerprint density at radius 3 is 3.16 bits per heavy atom. The van der Waals surface area contributed by atoms with Gasteiger partial charge in [-0.3, -0.25) is 4.79 Å². The zero-order valence-corrected chi connectivity index (χ0v) is 15.4. The van der Waals surface area contributed by atoms with Crippen molar-refractivity contribution in [3.8, 4) is 0 Å². The molecule has 6 nitrogen and oxygen atoms in total. The second-order valence-corrected chi connectivity index (χ2v) is 8.02. The molecule has 0 aromatic carbocycles. The van der Waals surface area contributed by atoms with Crippen LogP contribution < -0.4 is 15.5 Å². The van der Waals surface area contributed by atoms with Crippen molar-refractivity contribution >= 4 is 33.3 Å². The fraction of sp³-hybridized carbons (Fsp3) is 0.611. The molecule has 7 heteroatoms. The second-order valence-electron chi connectivity index (χ2n) is 7.12. The Labute approximate surface area is 152 Å². The minimum Gasteiger partial charge on any atom is -0.355 e. The predicted octanol–water partition coefficient (Wildman–Crippen LogP) is 2.16. The van der Waals surface area contributed by atoms with Crippen LogP contribution in [0.2, 0.25) is 0 Å². The second kappa shape index (κ2) is 7.25. The van der Waals surface area contributed by atoms with E-state index < -0.39 is 0 Å². The van der Waals surface area contributed by atoms with E-state index in [4.69, 9.17) is 0 Å². The van der Waals surface area contributed by atoms with E-state index in [1.807, 2.05) is 0 Å². The van der Waals surface area contributed by atoms with Gasteiger partial charge < -0.3 is 15.5 Å². The number of piperidine rings is 2. The van der Waals surface area contributed by atoms with Crippen molar-refractivity contribution in [1.29, 1.82) is 0 Å². The number of anilines is 1. The number of nitrogens with zero attached hydrogens (tertiary/aromatic N) is 3. The minimum atomic E-state index is 0.0338. The number of hydrogen-bond donors (Lipinski definition) is 2. The first-order chi connectivity index (χ1) is 12.2. The van der Waals surface area contributed by atoms with Crippen LogP contribution in [0, 0.1) is 5.92 Å². The minimum absolute atomic E-state index is 0.0338. The molecule has 134 valence electrons. The molecule has 2 aliphatic rings. The van der Waals surface area contributed by atoms with E-state index in [1.165, 1.54) is 0 Å². The highest BCUT2D eigenvalue weighted by atomic mass is 32.1. The van der Waals surface area contributed by atoms with Gasteiger partial charge in [0.25, 0.3) is 0 Å². The first-order valence-electron chi connectivity index (χ1n) is 9.19. The van der Waals surface area contributed by atoms with Crippen LogP contribution in [0.3, 0.4) is 0 Å². The highest BCUT2D eigenvalue weighted by Gasteiger charge is 2.30. The highest BCUT2D eigenvalue weighted by molar-refractivity contribution is 7.16. The normalized spacial score (nSPS) is 27.4. The Hall–Kier alpha value is -1.73. The Morgan fingerprint density at radius 2 is 2.28 bits per heavy atom. The van der Waals surface area contributed by atoms with Gasteiger partial charge in [-0.2, -0.15) is 0 Å². The monoisotopic (exact) mass is 359 g/mol. The Balaban J connectivity index is 1.45. The molecule has 2 aliphatic heterocycles. The summed E-state index contributed by atoms with van der Waals surface area (Å²) in [5.74, 6) is 1.20. The smallest absolute Gasteiger partial charge is 0.225 e. The van der Waals surface area contributed by atoms with Crippen molar-refractivity contribution in [3.05, 3.63) is 17.8 Å². The first kappa shape index (κ1) is 16.7. The average molecular weight is 359 g/mol. The third kappa shape index (κ3) is 3.48. The van der Waals surface area contributed by atoms with E-state index in [9.17, 15) is 4.79 Å². The molecule has 2 fully saturated rings. The summed E-state index contributed by atoms with van der Waals surface area (Å²) in [5.41, 5.74) is 0. The van der Waals surface area contributed by atoms with E-state index in [0.717, 1.165) is 61.4 Å². The number of hydrogen-bond acceptors (Lipinski definition) is 6. The van der Waals surface area contributed by atoms with Gasteiger partial charge in [-0.05, 0) is 50.6 Å². The van der Waals surface area contributed by atoms with E-state index in [2.05, 4.69) is 43.9 Å². The number of aromatic nitrogens is 2. The van der Waals surface area contributed by atoms with Gasteiger partial charge in [0.2, 0.25) is 5.91 Å². The lowest BCUT2D eigenvalue weighted by atomic mass is 9.94. The van der Waals surface area contributed by atoms with Crippen LogP contribution in [0.5, 0.6) is 0 Å². The van der Waals surface area contributed by atoms with Crippen molar-refractivity contribution in [2.45, 2.75) is 44.7 Å². The molecule has 2 saturated heterocycles. The largest absolute Gasteiger partial charge is 0.355 e. The zero-order chi connectivity index (χ0) is 17.2. The summed E-state index contributed by atoms with van der Waals surface area (Å²) in [6, 6.07) is 2.68. The standard InChI is InChI=1S/C18H25N5OS/c1-12-15(5-2-7-19-12)22-17(24)13-4-3-8-23(10-13)16-14-6-9-25-18(14)21-11-20-16/h6,9,11-13,15,19H,2-5,7-8,10H2,1H3,(H,22,24). The molecule has 4 heterocycles. The quantitative estimate of drug-likeness (QED) is 0.879.